The lowest BCUT2D eigenvalue weighted by Crippen LogP contribution is -2.34. The highest BCUT2D eigenvalue weighted by Gasteiger charge is 2.47. The molecule has 27 heavy (non-hydrogen) atoms. The fourth-order valence-corrected chi connectivity index (χ4v) is 4.49. The van der Waals surface area contributed by atoms with Gasteiger partial charge >= 0.3 is 6.03 Å². The number of hydrogen-bond donors (Lipinski definition) is 0. The van der Waals surface area contributed by atoms with Crippen LogP contribution < -0.4 is 0 Å². The molecule has 3 fully saturated rings. The van der Waals surface area contributed by atoms with E-state index in [4.69, 9.17) is 9.25 Å². The van der Waals surface area contributed by atoms with Crippen molar-refractivity contribution in [3.63, 3.8) is 0 Å². The van der Waals surface area contributed by atoms with Crippen LogP contribution in [-0.2, 0) is 11.4 Å². The summed E-state index contributed by atoms with van der Waals surface area (Å²) in [5.74, 6) is 1.71. The van der Waals surface area contributed by atoms with E-state index in [2.05, 4.69) is 10.2 Å². The predicted molar refractivity (Wildman–Crippen MR) is 96.4 cm³/mol. The second-order valence-corrected chi connectivity index (χ2v) is 7.73. The summed E-state index contributed by atoms with van der Waals surface area (Å²) in [7, 11) is 0. The SMILES string of the molecule is O=C1N2C[C@@H](CC[C@H]2c2nnc(C3CCCC3)o2)N1OCc1ccccc1. The fourth-order valence-electron chi connectivity index (χ4n) is 4.49. The largest absolute Gasteiger partial charge is 0.423 e. The molecule has 2 atom stereocenters. The molecule has 3 heterocycles. The highest BCUT2D eigenvalue weighted by Crippen LogP contribution is 2.40. The van der Waals surface area contributed by atoms with Crippen LogP contribution in [0.2, 0.25) is 0 Å². The van der Waals surface area contributed by atoms with E-state index in [1.807, 2.05) is 35.2 Å². The third kappa shape index (κ3) is 3.10. The van der Waals surface area contributed by atoms with E-state index in [0.717, 1.165) is 37.1 Å². The zero-order chi connectivity index (χ0) is 18.2. The molecule has 2 aromatic rings. The number of nitrogens with zero attached hydrogens (tertiary/aromatic N) is 4. The summed E-state index contributed by atoms with van der Waals surface area (Å²) in [6.07, 6.45) is 6.41. The first-order valence-corrected chi connectivity index (χ1v) is 9.89. The topological polar surface area (TPSA) is 71.7 Å². The van der Waals surface area contributed by atoms with Crippen LogP contribution in [0.15, 0.2) is 34.7 Å². The Bertz CT molecular complexity index is 803. The van der Waals surface area contributed by atoms with Gasteiger partial charge in [-0.25, -0.2) is 4.79 Å². The molecule has 2 aliphatic heterocycles. The Morgan fingerprint density at radius 2 is 1.81 bits per heavy atom. The third-order valence-corrected chi connectivity index (χ3v) is 5.98. The Balaban J connectivity index is 1.28. The molecular weight excluding hydrogens is 344 g/mol. The van der Waals surface area contributed by atoms with Crippen molar-refractivity contribution in [1.29, 1.82) is 0 Å². The molecule has 5 rings (SSSR count). The van der Waals surface area contributed by atoms with E-state index < -0.39 is 0 Å². The first-order chi connectivity index (χ1) is 13.3. The monoisotopic (exact) mass is 368 g/mol. The van der Waals surface area contributed by atoms with Crippen LogP contribution in [0, 0.1) is 0 Å². The van der Waals surface area contributed by atoms with Crippen molar-refractivity contribution in [3.8, 4) is 0 Å². The van der Waals surface area contributed by atoms with Crippen LogP contribution >= 0.6 is 0 Å². The molecule has 1 aromatic carbocycles. The maximum absolute atomic E-state index is 12.9. The van der Waals surface area contributed by atoms with Crippen LogP contribution in [0.25, 0.3) is 0 Å². The molecule has 7 nitrogen and oxygen atoms in total. The number of amides is 2. The first kappa shape index (κ1) is 16.7. The van der Waals surface area contributed by atoms with Gasteiger partial charge in [-0.3, -0.25) is 4.84 Å². The van der Waals surface area contributed by atoms with E-state index in [1.165, 1.54) is 12.8 Å². The summed E-state index contributed by atoms with van der Waals surface area (Å²) in [4.78, 5) is 20.6. The van der Waals surface area contributed by atoms with Gasteiger partial charge in [-0.1, -0.05) is 43.2 Å². The van der Waals surface area contributed by atoms with Gasteiger partial charge in [0, 0.05) is 12.5 Å². The number of carbonyl (C=O) groups excluding carboxylic acids is 1. The van der Waals surface area contributed by atoms with Gasteiger partial charge in [-0.2, -0.15) is 5.06 Å². The molecule has 0 radical (unpaired) electrons. The second kappa shape index (κ2) is 6.96. The average Bonchev–Trinajstić information content (AvgIpc) is 3.44. The summed E-state index contributed by atoms with van der Waals surface area (Å²) >= 11 is 0. The molecular formula is C20H24N4O3. The zero-order valence-electron chi connectivity index (χ0n) is 15.3. The molecule has 7 heteroatoms. The van der Waals surface area contributed by atoms with Crippen molar-refractivity contribution in [1.82, 2.24) is 20.2 Å². The predicted octanol–water partition coefficient (Wildman–Crippen LogP) is 3.80. The van der Waals surface area contributed by atoms with Gasteiger partial charge in [0.25, 0.3) is 0 Å². The maximum atomic E-state index is 12.9. The van der Waals surface area contributed by atoms with Gasteiger partial charge in [0.15, 0.2) is 0 Å². The molecule has 0 spiro atoms. The molecule has 1 saturated carbocycles. The Hall–Kier alpha value is -2.41. The van der Waals surface area contributed by atoms with Crippen LogP contribution in [0.3, 0.4) is 0 Å². The Morgan fingerprint density at radius 1 is 1.04 bits per heavy atom. The number of hydroxylamine groups is 2. The highest BCUT2D eigenvalue weighted by molar-refractivity contribution is 5.77. The van der Waals surface area contributed by atoms with Crippen LogP contribution in [0.1, 0.15) is 67.8 Å². The minimum Gasteiger partial charge on any atom is -0.423 e. The number of piperidine rings is 1. The zero-order valence-corrected chi connectivity index (χ0v) is 15.3. The molecule has 1 aromatic heterocycles. The number of urea groups is 1. The van der Waals surface area contributed by atoms with E-state index in [0.29, 0.717) is 25.0 Å². The van der Waals surface area contributed by atoms with Gasteiger partial charge in [0.1, 0.15) is 12.6 Å². The number of fused-ring (bicyclic) bond motifs is 2. The van der Waals surface area contributed by atoms with Crippen molar-refractivity contribution in [2.45, 2.75) is 63.1 Å². The summed E-state index contributed by atoms with van der Waals surface area (Å²) in [5.41, 5.74) is 1.05. The normalized spacial score (nSPS) is 25.6. The summed E-state index contributed by atoms with van der Waals surface area (Å²) in [6, 6.07) is 9.77. The second-order valence-electron chi connectivity index (χ2n) is 7.73. The number of aromatic nitrogens is 2. The van der Waals surface area contributed by atoms with E-state index in [1.54, 1.807) is 5.06 Å². The van der Waals surface area contributed by atoms with Crippen LogP contribution in [-0.4, -0.2) is 38.8 Å². The van der Waals surface area contributed by atoms with E-state index >= 15 is 0 Å². The molecule has 0 N–H and O–H groups in total. The lowest BCUT2D eigenvalue weighted by Gasteiger charge is -2.27. The minimum absolute atomic E-state index is 0.0923. The molecule has 142 valence electrons. The van der Waals surface area contributed by atoms with Gasteiger partial charge in [-0.15, -0.1) is 10.2 Å². The van der Waals surface area contributed by atoms with Crippen molar-refractivity contribution in [2.24, 2.45) is 0 Å². The first-order valence-electron chi connectivity index (χ1n) is 9.89. The third-order valence-electron chi connectivity index (χ3n) is 5.98. The lowest BCUT2D eigenvalue weighted by atomic mass is 10.0. The fraction of sp³-hybridized carbons (Fsp3) is 0.550. The quantitative estimate of drug-likeness (QED) is 0.803. The van der Waals surface area contributed by atoms with Crippen molar-refractivity contribution in [3.05, 3.63) is 47.7 Å². The van der Waals surface area contributed by atoms with Crippen LogP contribution in [0.5, 0.6) is 0 Å². The van der Waals surface area contributed by atoms with E-state index in [9.17, 15) is 4.79 Å². The summed E-state index contributed by atoms with van der Waals surface area (Å²) in [5, 5.41) is 10.1. The molecule has 1 aliphatic carbocycles. The summed E-state index contributed by atoms with van der Waals surface area (Å²) < 4.78 is 6.00. The molecule has 2 saturated heterocycles. The van der Waals surface area contributed by atoms with Crippen LogP contribution in [0.4, 0.5) is 4.79 Å². The maximum Gasteiger partial charge on any atom is 0.345 e. The van der Waals surface area contributed by atoms with Gasteiger partial charge in [0.2, 0.25) is 11.8 Å². The smallest absolute Gasteiger partial charge is 0.345 e. The van der Waals surface area contributed by atoms with Gasteiger partial charge in [0.05, 0.1) is 6.04 Å². The number of rotatable bonds is 5. The van der Waals surface area contributed by atoms with Crippen molar-refractivity contribution >= 4 is 6.03 Å². The Labute approximate surface area is 158 Å². The minimum atomic E-state index is -0.137. The lowest BCUT2D eigenvalue weighted by molar-refractivity contribution is -0.140. The molecule has 3 aliphatic rings. The Kier molecular flexibility index (Phi) is 4.32. The van der Waals surface area contributed by atoms with E-state index in [-0.39, 0.29) is 18.1 Å². The highest BCUT2D eigenvalue weighted by atomic mass is 16.7. The van der Waals surface area contributed by atoms with Gasteiger partial charge < -0.3 is 9.32 Å². The average molecular weight is 368 g/mol. The number of benzene rings is 1. The Morgan fingerprint density at radius 3 is 2.63 bits per heavy atom. The van der Waals surface area contributed by atoms with Crippen molar-refractivity contribution < 1.29 is 14.0 Å². The number of carbonyl (C=O) groups is 1. The molecule has 2 amide bonds. The molecule has 0 unspecified atom stereocenters. The molecule has 2 bridgehead atoms. The summed E-state index contributed by atoms with van der Waals surface area (Å²) in [6.45, 7) is 1.05. The van der Waals surface area contributed by atoms with Crippen molar-refractivity contribution in [2.75, 3.05) is 6.54 Å². The standard InChI is InChI=1S/C20H24N4O3/c25-20-23-12-16(24(20)26-13-14-6-2-1-3-7-14)10-11-17(23)19-22-21-18(27-19)15-8-4-5-9-15/h1-3,6-7,15-17H,4-5,8-13H2/t16-,17+/m1/s1. The van der Waals surface area contributed by atoms with Gasteiger partial charge in [-0.05, 0) is 31.2 Å². The number of hydrogen-bond acceptors (Lipinski definition) is 5.